The van der Waals surface area contributed by atoms with Crippen LogP contribution in [-0.4, -0.2) is 30.3 Å². The van der Waals surface area contributed by atoms with Gasteiger partial charge in [0.15, 0.2) is 11.5 Å². The van der Waals surface area contributed by atoms with E-state index in [9.17, 15) is 9.59 Å². The largest absolute Gasteiger partial charge is 0.481 e. The molecule has 1 fully saturated rings. The van der Waals surface area contributed by atoms with Gasteiger partial charge in [-0.1, -0.05) is 6.07 Å². The Hall–Kier alpha value is -2.24. The number of carboxylic acids is 1. The normalized spacial score (nSPS) is 25.0. The molecule has 0 aromatic heterocycles. The van der Waals surface area contributed by atoms with Crippen molar-refractivity contribution in [1.82, 2.24) is 5.32 Å². The van der Waals surface area contributed by atoms with Gasteiger partial charge in [-0.05, 0) is 17.7 Å². The maximum atomic E-state index is 11.5. The Balaban J connectivity index is 1.95. The Bertz CT molecular complexity index is 527. The minimum atomic E-state index is -1.10. The number of rotatable bonds is 2. The SMILES string of the molecule is O=C(O)[C@@H]1C(=O)NC[C@@H]1c1ccc2c(c1)OCO2. The van der Waals surface area contributed by atoms with Crippen molar-refractivity contribution in [3.63, 3.8) is 0 Å². The van der Waals surface area contributed by atoms with Crippen molar-refractivity contribution in [2.45, 2.75) is 5.92 Å². The molecule has 2 aliphatic heterocycles. The van der Waals surface area contributed by atoms with Gasteiger partial charge in [0.2, 0.25) is 12.7 Å². The summed E-state index contributed by atoms with van der Waals surface area (Å²) in [4.78, 5) is 22.6. The molecule has 6 heteroatoms. The third-order valence-electron chi connectivity index (χ3n) is 3.27. The number of hydrogen-bond donors (Lipinski definition) is 2. The number of hydrogen-bond acceptors (Lipinski definition) is 4. The molecule has 1 aromatic rings. The molecule has 2 N–H and O–H groups in total. The van der Waals surface area contributed by atoms with Crippen LogP contribution >= 0.6 is 0 Å². The standard InChI is InChI=1S/C12H11NO5/c14-11-10(12(15)16)7(4-13-11)6-1-2-8-9(3-6)18-5-17-8/h1-3,7,10H,4-5H2,(H,13,14)(H,15,16)/t7-,10+/m1/s1. The molecule has 6 nitrogen and oxygen atoms in total. The number of carbonyl (C=O) groups is 2. The highest BCUT2D eigenvalue weighted by atomic mass is 16.7. The van der Waals surface area contributed by atoms with Gasteiger partial charge < -0.3 is 19.9 Å². The van der Waals surface area contributed by atoms with Crippen LogP contribution in [0.25, 0.3) is 0 Å². The zero-order chi connectivity index (χ0) is 12.7. The second-order valence-corrected chi connectivity index (χ2v) is 4.28. The summed E-state index contributed by atoms with van der Waals surface area (Å²) in [5.41, 5.74) is 0.769. The fraction of sp³-hybridized carbons (Fsp3) is 0.333. The lowest BCUT2D eigenvalue weighted by Crippen LogP contribution is -2.26. The van der Waals surface area contributed by atoms with Crippen molar-refractivity contribution < 1.29 is 24.2 Å². The van der Waals surface area contributed by atoms with E-state index in [2.05, 4.69) is 5.32 Å². The summed E-state index contributed by atoms with van der Waals surface area (Å²) < 4.78 is 10.4. The van der Waals surface area contributed by atoms with Gasteiger partial charge in [0.05, 0.1) is 0 Å². The van der Waals surface area contributed by atoms with Crippen LogP contribution in [0.3, 0.4) is 0 Å². The van der Waals surface area contributed by atoms with Crippen molar-refractivity contribution in [3.8, 4) is 11.5 Å². The first-order valence-corrected chi connectivity index (χ1v) is 5.57. The van der Waals surface area contributed by atoms with Crippen LogP contribution < -0.4 is 14.8 Å². The molecular weight excluding hydrogens is 238 g/mol. The number of amides is 1. The zero-order valence-electron chi connectivity index (χ0n) is 9.38. The van der Waals surface area contributed by atoms with Crippen LogP contribution in [0, 0.1) is 5.92 Å². The molecule has 0 unspecified atom stereocenters. The summed E-state index contributed by atoms with van der Waals surface area (Å²) in [7, 11) is 0. The fourth-order valence-corrected chi connectivity index (χ4v) is 2.36. The summed E-state index contributed by atoms with van der Waals surface area (Å²) in [6, 6.07) is 5.25. The molecular formula is C12H11NO5. The fourth-order valence-electron chi connectivity index (χ4n) is 2.36. The molecule has 2 aliphatic rings. The Morgan fingerprint density at radius 2 is 2.11 bits per heavy atom. The van der Waals surface area contributed by atoms with E-state index in [1.807, 2.05) is 0 Å². The quantitative estimate of drug-likeness (QED) is 0.738. The van der Waals surface area contributed by atoms with Crippen molar-refractivity contribution in [2.24, 2.45) is 5.92 Å². The number of carbonyl (C=O) groups excluding carboxylic acids is 1. The Labute approximate surface area is 103 Å². The monoisotopic (exact) mass is 249 g/mol. The van der Waals surface area contributed by atoms with E-state index in [0.29, 0.717) is 18.0 Å². The van der Waals surface area contributed by atoms with Gasteiger partial charge in [-0.25, -0.2) is 0 Å². The number of benzene rings is 1. The average Bonchev–Trinajstić information content (AvgIpc) is 2.93. The van der Waals surface area contributed by atoms with Gasteiger partial charge in [-0.3, -0.25) is 9.59 Å². The number of aliphatic carboxylic acids is 1. The van der Waals surface area contributed by atoms with Gasteiger partial charge in [-0.2, -0.15) is 0 Å². The van der Waals surface area contributed by atoms with Gasteiger partial charge in [0.25, 0.3) is 0 Å². The number of nitrogens with one attached hydrogen (secondary N) is 1. The van der Waals surface area contributed by atoms with E-state index in [1.165, 1.54) is 0 Å². The second kappa shape index (κ2) is 3.90. The summed E-state index contributed by atoms with van der Waals surface area (Å²) in [6.07, 6.45) is 0. The van der Waals surface area contributed by atoms with Crippen LogP contribution in [0.1, 0.15) is 11.5 Å². The molecule has 0 radical (unpaired) electrons. The van der Waals surface area contributed by atoms with E-state index in [-0.39, 0.29) is 12.7 Å². The minimum absolute atomic E-state index is 0.170. The molecule has 2 atom stereocenters. The molecule has 94 valence electrons. The average molecular weight is 249 g/mol. The molecule has 1 amide bonds. The number of fused-ring (bicyclic) bond motifs is 1. The highest BCUT2D eigenvalue weighted by Gasteiger charge is 2.41. The van der Waals surface area contributed by atoms with Gasteiger partial charge in [0, 0.05) is 12.5 Å². The predicted octanol–water partition coefficient (Wildman–Crippen LogP) is 0.329. The third kappa shape index (κ3) is 1.57. The Morgan fingerprint density at radius 1 is 1.33 bits per heavy atom. The van der Waals surface area contributed by atoms with Crippen molar-refractivity contribution >= 4 is 11.9 Å². The van der Waals surface area contributed by atoms with Crippen molar-refractivity contribution in [2.75, 3.05) is 13.3 Å². The molecule has 18 heavy (non-hydrogen) atoms. The maximum absolute atomic E-state index is 11.5. The molecule has 0 spiro atoms. The van der Waals surface area contributed by atoms with E-state index in [0.717, 1.165) is 5.56 Å². The first-order chi connectivity index (χ1) is 8.66. The zero-order valence-corrected chi connectivity index (χ0v) is 9.38. The highest BCUT2D eigenvalue weighted by Crippen LogP contribution is 2.37. The van der Waals surface area contributed by atoms with E-state index in [4.69, 9.17) is 14.6 Å². The topological polar surface area (TPSA) is 84.9 Å². The van der Waals surface area contributed by atoms with Crippen LogP contribution in [0.5, 0.6) is 11.5 Å². The summed E-state index contributed by atoms with van der Waals surface area (Å²) >= 11 is 0. The van der Waals surface area contributed by atoms with Gasteiger partial charge in [0.1, 0.15) is 5.92 Å². The summed E-state index contributed by atoms with van der Waals surface area (Å²) in [6.45, 7) is 0.498. The lowest BCUT2D eigenvalue weighted by molar-refractivity contribution is -0.145. The maximum Gasteiger partial charge on any atom is 0.316 e. The van der Waals surface area contributed by atoms with Gasteiger partial charge in [-0.15, -0.1) is 0 Å². The second-order valence-electron chi connectivity index (χ2n) is 4.28. The molecule has 1 saturated heterocycles. The minimum Gasteiger partial charge on any atom is -0.481 e. The first kappa shape index (κ1) is 10.9. The molecule has 0 bridgehead atoms. The van der Waals surface area contributed by atoms with Crippen molar-refractivity contribution in [1.29, 1.82) is 0 Å². The number of carboxylic acid groups (broad SMARTS) is 1. The van der Waals surface area contributed by atoms with Crippen LogP contribution in [0.2, 0.25) is 0 Å². The third-order valence-corrected chi connectivity index (χ3v) is 3.27. The smallest absolute Gasteiger partial charge is 0.316 e. The lowest BCUT2D eigenvalue weighted by Gasteiger charge is -2.13. The van der Waals surface area contributed by atoms with Crippen molar-refractivity contribution in [3.05, 3.63) is 23.8 Å². The summed E-state index contributed by atoms with van der Waals surface area (Å²) in [5, 5.41) is 11.7. The van der Waals surface area contributed by atoms with Crippen LogP contribution in [0.4, 0.5) is 0 Å². The van der Waals surface area contributed by atoms with E-state index in [1.54, 1.807) is 18.2 Å². The molecule has 1 aromatic carbocycles. The van der Waals surface area contributed by atoms with Crippen LogP contribution in [0.15, 0.2) is 18.2 Å². The highest BCUT2D eigenvalue weighted by molar-refractivity contribution is 5.99. The first-order valence-electron chi connectivity index (χ1n) is 5.57. The van der Waals surface area contributed by atoms with Crippen LogP contribution in [-0.2, 0) is 9.59 Å². The lowest BCUT2D eigenvalue weighted by atomic mass is 9.88. The number of ether oxygens (including phenoxy) is 2. The predicted molar refractivity (Wildman–Crippen MR) is 59.4 cm³/mol. The Kier molecular flexibility index (Phi) is 2.36. The molecule has 0 saturated carbocycles. The molecule has 2 heterocycles. The Morgan fingerprint density at radius 3 is 2.89 bits per heavy atom. The van der Waals surface area contributed by atoms with E-state index < -0.39 is 17.8 Å². The molecule has 3 rings (SSSR count). The van der Waals surface area contributed by atoms with E-state index >= 15 is 0 Å². The van der Waals surface area contributed by atoms with Gasteiger partial charge >= 0.3 is 5.97 Å². The molecule has 0 aliphatic carbocycles. The summed E-state index contributed by atoms with van der Waals surface area (Å²) in [5.74, 6) is -1.72.